The van der Waals surface area contributed by atoms with Crippen molar-refractivity contribution in [3.63, 3.8) is 0 Å². The van der Waals surface area contributed by atoms with Gasteiger partial charge >= 0.3 is 0 Å². The standard InChI is InChI=1S/C15H20ClNO3S/c1-20-14-6-5-11(8-16)7-15(14)21(18,19)17-9-12-3-2-4-13(12)10-17/h5-7,12-13H,2-4,8-10H2,1H3. The Morgan fingerprint density at radius 3 is 2.52 bits per heavy atom. The quantitative estimate of drug-likeness (QED) is 0.798. The summed E-state index contributed by atoms with van der Waals surface area (Å²) in [5.74, 6) is 1.74. The maximum atomic E-state index is 12.9. The zero-order valence-electron chi connectivity index (χ0n) is 12.1. The Kier molecular flexibility index (Phi) is 4.17. The van der Waals surface area contributed by atoms with E-state index in [1.54, 1.807) is 22.5 Å². The third kappa shape index (κ3) is 2.67. The minimum atomic E-state index is -3.51. The summed E-state index contributed by atoms with van der Waals surface area (Å²) >= 11 is 5.83. The van der Waals surface area contributed by atoms with Crippen molar-refractivity contribution in [2.75, 3.05) is 20.2 Å². The van der Waals surface area contributed by atoms with Crippen LogP contribution in [0.15, 0.2) is 23.1 Å². The molecule has 0 bridgehead atoms. The number of alkyl halides is 1. The molecule has 0 aromatic heterocycles. The third-order valence-corrected chi connectivity index (χ3v) is 6.85. The Balaban J connectivity index is 1.94. The minimum absolute atomic E-state index is 0.239. The molecule has 2 fully saturated rings. The van der Waals surface area contributed by atoms with Gasteiger partial charge in [-0.1, -0.05) is 12.5 Å². The topological polar surface area (TPSA) is 46.6 Å². The molecule has 1 saturated heterocycles. The largest absolute Gasteiger partial charge is 0.495 e. The molecule has 0 radical (unpaired) electrons. The van der Waals surface area contributed by atoms with Crippen molar-refractivity contribution in [2.45, 2.75) is 30.0 Å². The van der Waals surface area contributed by atoms with E-state index in [9.17, 15) is 8.42 Å². The Labute approximate surface area is 131 Å². The third-order valence-electron chi connectivity index (χ3n) is 4.69. The average molecular weight is 330 g/mol. The van der Waals surface area contributed by atoms with Crippen molar-refractivity contribution in [3.8, 4) is 5.75 Å². The molecule has 6 heteroatoms. The molecule has 1 aliphatic carbocycles. The molecule has 1 heterocycles. The Morgan fingerprint density at radius 2 is 1.95 bits per heavy atom. The van der Waals surface area contributed by atoms with Gasteiger partial charge in [0.15, 0.2) is 0 Å². The summed E-state index contributed by atoms with van der Waals surface area (Å²) < 4.78 is 32.7. The molecule has 0 N–H and O–H groups in total. The molecule has 0 spiro atoms. The predicted octanol–water partition coefficient (Wildman–Crippen LogP) is 2.85. The van der Waals surface area contributed by atoms with Crippen LogP contribution in [0.2, 0.25) is 0 Å². The lowest BCUT2D eigenvalue weighted by molar-refractivity contribution is 0.395. The zero-order chi connectivity index (χ0) is 15.0. The molecule has 1 aliphatic heterocycles. The van der Waals surface area contributed by atoms with Crippen LogP contribution in [-0.2, 0) is 15.9 Å². The number of fused-ring (bicyclic) bond motifs is 1. The zero-order valence-corrected chi connectivity index (χ0v) is 13.7. The van der Waals surface area contributed by atoms with E-state index in [-0.39, 0.29) is 10.8 Å². The molecular formula is C15H20ClNO3S. The molecule has 1 aromatic rings. The first-order valence-corrected chi connectivity index (χ1v) is 9.26. The van der Waals surface area contributed by atoms with Gasteiger partial charge in [0.05, 0.1) is 7.11 Å². The summed E-state index contributed by atoms with van der Waals surface area (Å²) in [7, 11) is -2.01. The summed E-state index contributed by atoms with van der Waals surface area (Å²) in [6.07, 6.45) is 3.53. The number of sulfonamides is 1. The Bertz CT molecular complexity index is 620. The lowest BCUT2D eigenvalue weighted by Crippen LogP contribution is -2.30. The van der Waals surface area contributed by atoms with Crippen LogP contribution in [0.5, 0.6) is 5.75 Å². The van der Waals surface area contributed by atoms with Crippen LogP contribution in [0.1, 0.15) is 24.8 Å². The van der Waals surface area contributed by atoms with Gasteiger partial charge in [-0.05, 0) is 42.4 Å². The van der Waals surface area contributed by atoms with Gasteiger partial charge in [0.25, 0.3) is 0 Å². The fourth-order valence-electron chi connectivity index (χ4n) is 3.53. The van der Waals surface area contributed by atoms with E-state index in [2.05, 4.69) is 0 Å². The SMILES string of the molecule is COc1ccc(CCl)cc1S(=O)(=O)N1CC2CCCC2C1. The van der Waals surface area contributed by atoms with E-state index in [0.717, 1.165) is 18.4 Å². The highest BCUT2D eigenvalue weighted by molar-refractivity contribution is 7.89. The van der Waals surface area contributed by atoms with Gasteiger partial charge in [-0.25, -0.2) is 8.42 Å². The minimum Gasteiger partial charge on any atom is -0.495 e. The summed E-state index contributed by atoms with van der Waals surface area (Å²) in [5, 5.41) is 0. The van der Waals surface area contributed by atoms with E-state index in [0.29, 0.717) is 30.7 Å². The van der Waals surface area contributed by atoms with Crippen molar-refractivity contribution in [1.82, 2.24) is 4.31 Å². The molecule has 1 aromatic carbocycles. The second-order valence-corrected chi connectivity index (χ2v) is 8.07. The number of hydrogen-bond donors (Lipinski definition) is 0. The van der Waals surface area contributed by atoms with Crippen molar-refractivity contribution in [1.29, 1.82) is 0 Å². The number of rotatable bonds is 4. The molecule has 116 valence electrons. The summed E-state index contributed by atoms with van der Waals surface area (Å²) in [4.78, 5) is 0.239. The first kappa shape index (κ1) is 15.1. The second-order valence-electron chi connectivity index (χ2n) is 5.89. The van der Waals surface area contributed by atoms with E-state index >= 15 is 0 Å². The molecular weight excluding hydrogens is 310 g/mol. The Hall–Kier alpha value is -0.780. The first-order valence-electron chi connectivity index (χ1n) is 7.29. The van der Waals surface area contributed by atoms with Crippen LogP contribution in [-0.4, -0.2) is 32.9 Å². The van der Waals surface area contributed by atoms with Crippen LogP contribution in [0, 0.1) is 11.8 Å². The molecule has 2 aliphatic rings. The lowest BCUT2D eigenvalue weighted by atomic mass is 10.0. The molecule has 0 amide bonds. The summed E-state index contributed by atoms with van der Waals surface area (Å²) in [6.45, 7) is 1.28. The van der Waals surface area contributed by atoms with Gasteiger partial charge in [-0.15, -0.1) is 11.6 Å². The first-order chi connectivity index (χ1) is 10.1. The number of nitrogens with zero attached hydrogens (tertiary/aromatic N) is 1. The van der Waals surface area contributed by atoms with Gasteiger partial charge < -0.3 is 4.74 Å². The molecule has 21 heavy (non-hydrogen) atoms. The maximum Gasteiger partial charge on any atom is 0.246 e. The average Bonchev–Trinajstić information content (AvgIpc) is 3.08. The highest BCUT2D eigenvalue weighted by Crippen LogP contribution is 2.41. The number of halogens is 1. The van der Waals surface area contributed by atoms with E-state index < -0.39 is 10.0 Å². The second kappa shape index (κ2) is 5.78. The van der Waals surface area contributed by atoms with Crippen molar-refractivity contribution in [3.05, 3.63) is 23.8 Å². The van der Waals surface area contributed by atoms with Crippen molar-refractivity contribution >= 4 is 21.6 Å². The van der Waals surface area contributed by atoms with Gasteiger partial charge in [-0.2, -0.15) is 4.31 Å². The highest BCUT2D eigenvalue weighted by Gasteiger charge is 2.42. The van der Waals surface area contributed by atoms with Crippen molar-refractivity contribution < 1.29 is 13.2 Å². The molecule has 3 rings (SSSR count). The fraction of sp³-hybridized carbons (Fsp3) is 0.600. The van der Waals surface area contributed by atoms with E-state index in [1.165, 1.54) is 13.5 Å². The van der Waals surface area contributed by atoms with Gasteiger partial charge in [0.2, 0.25) is 10.0 Å². The molecule has 1 saturated carbocycles. The number of methoxy groups -OCH3 is 1. The van der Waals surface area contributed by atoms with Gasteiger partial charge in [-0.3, -0.25) is 0 Å². The van der Waals surface area contributed by atoms with Crippen LogP contribution >= 0.6 is 11.6 Å². The Morgan fingerprint density at radius 1 is 1.29 bits per heavy atom. The van der Waals surface area contributed by atoms with E-state index in [4.69, 9.17) is 16.3 Å². The van der Waals surface area contributed by atoms with Crippen LogP contribution < -0.4 is 4.74 Å². The molecule has 2 unspecified atom stereocenters. The predicted molar refractivity (Wildman–Crippen MR) is 82.1 cm³/mol. The van der Waals surface area contributed by atoms with Crippen LogP contribution in [0.25, 0.3) is 0 Å². The smallest absolute Gasteiger partial charge is 0.246 e. The lowest BCUT2D eigenvalue weighted by Gasteiger charge is -2.19. The van der Waals surface area contributed by atoms with Crippen LogP contribution in [0.3, 0.4) is 0 Å². The summed E-state index contributed by atoms with van der Waals surface area (Å²) in [6, 6.07) is 5.11. The number of benzene rings is 1. The number of ether oxygens (including phenoxy) is 1. The summed E-state index contributed by atoms with van der Waals surface area (Å²) in [5.41, 5.74) is 0.787. The molecule has 2 atom stereocenters. The maximum absolute atomic E-state index is 12.9. The number of hydrogen-bond acceptors (Lipinski definition) is 3. The monoisotopic (exact) mass is 329 g/mol. The highest BCUT2D eigenvalue weighted by atomic mass is 35.5. The fourth-order valence-corrected chi connectivity index (χ4v) is 5.46. The van der Waals surface area contributed by atoms with Crippen molar-refractivity contribution in [2.24, 2.45) is 11.8 Å². The normalized spacial score (nSPS) is 26.0. The van der Waals surface area contributed by atoms with Crippen LogP contribution in [0.4, 0.5) is 0 Å². The van der Waals surface area contributed by atoms with Gasteiger partial charge in [0, 0.05) is 19.0 Å². The van der Waals surface area contributed by atoms with Gasteiger partial charge in [0.1, 0.15) is 10.6 Å². The van der Waals surface area contributed by atoms with E-state index in [1.807, 2.05) is 0 Å². The molecule has 4 nitrogen and oxygen atoms in total.